The molecule has 0 aliphatic carbocycles. The number of thiazole rings is 1. The molecule has 0 aliphatic heterocycles. The van der Waals surface area contributed by atoms with Crippen molar-refractivity contribution in [2.75, 3.05) is 4.72 Å². The quantitative estimate of drug-likeness (QED) is 0.419. The average Bonchev–Trinajstić information content (AvgIpc) is 3.16. The average molecular weight is 476 g/mol. The van der Waals surface area contributed by atoms with Crippen molar-refractivity contribution in [1.29, 1.82) is 0 Å². The lowest BCUT2D eigenvalue weighted by atomic mass is 10.2. The molecule has 8 heteroatoms. The summed E-state index contributed by atoms with van der Waals surface area (Å²) in [5.41, 5.74) is 2.83. The van der Waals surface area contributed by atoms with Crippen LogP contribution in [0.4, 0.5) is 5.69 Å². The Morgan fingerprint density at radius 2 is 1.82 bits per heavy atom. The zero-order valence-corrected chi connectivity index (χ0v) is 19.5. The summed E-state index contributed by atoms with van der Waals surface area (Å²) in [5.74, 6) is 2.19. The lowest BCUT2D eigenvalue weighted by molar-refractivity contribution is 0.0998. The fourth-order valence-corrected chi connectivity index (χ4v) is 5.48. The number of amides is 1. The lowest BCUT2D eigenvalue weighted by Gasteiger charge is -2.08. The molecule has 0 unspecified atom stereocenters. The molecule has 1 amide bonds. The Bertz CT molecular complexity index is 1530. The van der Waals surface area contributed by atoms with Crippen LogP contribution in [0.25, 0.3) is 10.2 Å². The van der Waals surface area contributed by atoms with E-state index in [4.69, 9.17) is 6.42 Å². The maximum absolute atomic E-state index is 12.8. The zero-order valence-electron chi connectivity index (χ0n) is 17.9. The third-order valence-electron chi connectivity index (χ3n) is 5.04. The molecule has 1 heterocycles. The largest absolute Gasteiger partial charge is 0.305 e. The molecule has 0 aliphatic rings. The molecule has 4 aromatic rings. The SMILES string of the molecule is C#CCn1c(=NC(=O)c2ccc(NS(=O)(=O)c3ccccc3)cc2)sc2cc(CC)ccc21. The van der Waals surface area contributed by atoms with E-state index in [1.807, 2.05) is 16.7 Å². The van der Waals surface area contributed by atoms with Crippen LogP contribution >= 0.6 is 11.3 Å². The van der Waals surface area contributed by atoms with E-state index in [1.165, 1.54) is 41.2 Å². The lowest BCUT2D eigenvalue weighted by Crippen LogP contribution is -2.16. The normalized spacial score (nSPS) is 11.9. The first kappa shape index (κ1) is 22.5. The molecule has 0 saturated heterocycles. The first-order valence-electron chi connectivity index (χ1n) is 10.2. The predicted molar refractivity (Wildman–Crippen MR) is 132 cm³/mol. The minimum Gasteiger partial charge on any atom is -0.305 e. The second kappa shape index (κ2) is 9.45. The van der Waals surface area contributed by atoms with Crippen molar-refractivity contribution < 1.29 is 13.2 Å². The van der Waals surface area contributed by atoms with Gasteiger partial charge in [0.05, 0.1) is 21.7 Å². The first-order chi connectivity index (χ1) is 15.9. The van der Waals surface area contributed by atoms with Crippen molar-refractivity contribution in [2.45, 2.75) is 24.8 Å². The molecule has 4 rings (SSSR count). The Morgan fingerprint density at radius 1 is 1.09 bits per heavy atom. The van der Waals surface area contributed by atoms with Gasteiger partial charge in [0.25, 0.3) is 15.9 Å². The summed E-state index contributed by atoms with van der Waals surface area (Å²) in [5, 5.41) is 0. The summed E-state index contributed by atoms with van der Waals surface area (Å²) in [6, 6.07) is 20.4. The van der Waals surface area contributed by atoms with Crippen molar-refractivity contribution in [1.82, 2.24) is 4.57 Å². The van der Waals surface area contributed by atoms with Gasteiger partial charge in [-0.2, -0.15) is 4.99 Å². The van der Waals surface area contributed by atoms with Gasteiger partial charge in [-0.15, -0.1) is 6.42 Å². The van der Waals surface area contributed by atoms with E-state index in [0.717, 1.165) is 16.6 Å². The first-order valence-corrected chi connectivity index (χ1v) is 12.5. The summed E-state index contributed by atoms with van der Waals surface area (Å²) in [7, 11) is -3.71. The van der Waals surface area contributed by atoms with Crippen LogP contribution in [0.3, 0.4) is 0 Å². The number of sulfonamides is 1. The smallest absolute Gasteiger partial charge is 0.279 e. The number of terminal acetylenes is 1. The molecule has 33 heavy (non-hydrogen) atoms. The van der Waals surface area contributed by atoms with Crippen molar-refractivity contribution in [3.05, 3.63) is 88.7 Å². The number of hydrogen-bond donors (Lipinski definition) is 1. The van der Waals surface area contributed by atoms with Crippen molar-refractivity contribution >= 4 is 43.2 Å². The highest BCUT2D eigenvalue weighted by atomic mass is 32.2. The van der Waals surface area contributed by atoms with Gasteiger partial charge in [0.1, 0.15) is 0 Å². The molecule has 0 fully saturated rings. The second-order valence-corrected chi connectivity index (χ2v) is 9.93. The topological polar surface area (TPSA) is 80.5 Å². The van der Waals surface area contributed by atoms with Crippen LogP contribution in [0.2, 0.25) is 0 Å². The van der Waals surface area contributed by atoms with E-state index >= 15 is 0 Å². The third-order valence-corrected chi connectivity index (χ3v) is 7.48. The predicted octanol–water partition coefficient (Wildman–Crippen LogP) is 4.44. The minimum absolute atomic E-state index is 0.161. The van der Waals surface area contributed by atoms with Gasteiger partial charge in [0, 0.05) is 11.3 Å². The zero-order chi connectivity index (χ0) is 23.4. The number of nitrogens with one attached hydrogen (secondary N) is 1. The van der Waals surface area contributed by atoms with Crippen LogP contribution in [-0.4, -0.2) is 18.9 Å². The number of nitrogens with zero attached hydrogens (tertiary/aromatic N) is 2. The van der Waals surface area contributed by atoms with Gasteiger partial charge in [-0.3, -0.25) is 9.52 Å². The molecule has 1 aromatic heterocycles. The van der Waals surface area contributed by atoms with Gasteiger partial charge in [0.15, 0.2) is 4.80 Å². The molecule has 3 aromatic carbocycles. The number of carbonyl (C=O) groups excluding carboxylic acids is 1. The standard InChI is InChI=1S/C25H21N3O3S2/c1-3-16-28-22-15-10-18(4-2)17-23(22)32-25(28)26-24(29)19-11-13-20(14-12-19)27-33(30,31)21-8-6-5-7-9-21/h1,5-15,17,27H,4,16H2,2H3. The number of aromatic nitrogens is 1. The van der Waals surface area contributed by atoms with Crippen molar-refractivity contribution in [3.8, 4) is 12.3 Å². The van der Waals surface area contributed by atoms with E-state index < -0.39 is 15.9 Å². The molecule has 0 saturated carbocycles. The number of anilines is 1. The minimum atomic E-state index is -3.71. The van der Waals surface area contributed by atoms with E-state index in [2.05, 4.69) is 28.6 Å². The summed E-state index contributed by atoms with van der Waals surface area (Å²) in [6.45, 7) is 2.39. The van der Waals surface area contributed by atoms with Crippen LogP contribution in [0.5, 0.6) is 0 Å². The van der Waals surface area contributed by atoms with E-state index in [-0.39, 0.29) is 4.90 Å². The number of benzene rings is 3. The monoisotopic (exact) mass is 475 g/mol. The van der Waals surface area contributed by atoms with E-state index in [1.54, 1.807) is 30.3 Å². The summed E-state index contributed by atoms with van der Waals surface area (Å²) in [4.78, 5) is 17.8. The van der Waals surface area contributed by atoms with Crippen LogP contribution in [-0.2, 0) is 23.0 Å². The molecule has 0 spiro atoms. The van der Waals surface area contributed by atoms with Gasteiger partial charge >= 0.3 is 0 Å². The van der Waals surface area contributed by atoms with Gasteiger partial charge in [-0.05, 0) is 60.5 Å². The Kier molecular flexibility index (Phi) is 6.45. The fraction of sp³-hybridized carbons (Fsp3) is 0.120. The Labute approximate surface area is 196 Å². The fourth-order valence-electron chi connectivity index (χ4n) is 3.31. The summed E-state index contributed by atoms with van der Waals surface area (Å²) >= 11 is 1.41. The molecule has 1 N–H and O–H groups in total. The number of rotatable bonds is 6. The molecule has 0 bridgehead atoms. The summed E-state index contributed by atoms with van der Waals surface area (Å²) in [6.07, 6.45) is 6.45. The Morgan fingerprint density at radius 3 is 2.48 bits per heavy atom. The highest BCUT2D eigenvalue weighted by Gasteiger charge is 2.14. The van der Waals surface area contributed by atoms with Crippen molar-refractivity contribution in [2.24, 2.45) is 4.99 Å². The van der Waals surface area contributed by atoms with Crippen LogP contribution < -0.4 is 9.52 Å². The molecule has 0 radical (unpaired) electrons. The number of fused-ring (bicyclic) bond motifs is 1. The summed E-state index contributed by atoms with van der Waals surface area (Å²) < 4.78 is 30.3. The van der Waals surface area contributed by atoms with Crippen LogP contribution in [0.1, 0.15) is 22.8 Å². The van der Waals surface area contributed by atoms with E-state index in [0.29, 0.717) is 22.6 Å². The third kappa shape index (κ3) is 4.90. The number of carbonyl (C=O) groups is 1. The highest BCUT2D eigenvalue weighted by Crippen LogP contribution is 2.20. The molecule has 0 atom stereocenters. The maximum Gasteiger partial charge on any atom is 0.279 e. The molecular weight excluding hydrogens is 454 g/mol. The van der Waals surface area contributed by atoms with Gasteiger partial charge in [-0.1, -0.05) is 48.4 Å². The van der Waals surface area contributed by atoms with Crippen LogP contribution in [0, 0.1) is 12.3 Å². The molecular formula is C25H21N3O3S2. The number of hydrogen-bond acceptors (Lipinski definition) is 4. The number of aryl methyl sites for hydroxylation is 1. The maximum atomic E-state index is 12.8. The Hall–Kier alpha value is -3.67. The second-order valence-electron chi connectivity index (χ2n) is 7.24. The van der Waals surface area contributed by atoms with Crippen LogP contribution in [0.15, 0.2) is 82.7 Å². The van der Waals surface area contributed by atoms with Gasteiger partial charge in [-0.25, -0.2) is 8.42 Å². The molecule has 6 nitrogen and oxygen atoms in total. The van der Waals surface area contributed by atoms with E-state index in [9.17, 15) is 13.2 Å². The molecule has 166 valence electrons. The van der Waals surface area contributed by atoms with Gasteiger partial charge in [0.2, 0.25) is 0 Å². The van der Waals surface area contributed by atoms with Crippen molar-refractivity contribution in [3.63, 3.8) is 0 Å². The Balaban J connectivity index is 1.62. The highest BCUT2D eigenvalue weighted by molar-refractivity contribution is 7.92. The van der Waals surface area contributed by atoms with Gasteiger partial charge < -0.3 is 4.57 Å².